The first-order chi connectivity index (χ1) is 20.3. The van der Waals surface area contributed by atoms with Crippen molar-refractivity contribution in [2.75, 3.05) is 24.9 Å². The Labute approximate surface area is 262 Å². The number of methoxy groups -OCH3 is 2. The Hall–Kier alpha value is -3.47. The van der Waals surface area contributed by atoms with E-state index in [1.54, 1.807) is 36.4 Å². The first-order valence-electron chi connectivity index (χ1n) is 13.7. The maximum Gasteiger partial charge on any atom is 0.337 e. The third-order valence-electron chi connectivity index (χ3n) is 7.98. The fourth-order valence-electron chi connectivity index (χ4n) is 6.17. The van der Waals surface area contributed by atoms with Gasteiger partial charge in [-0.2, -0.15) is 0 Å². The molecule has 8 nitrogen and oxygen atoms in total. The molecule has 3 aromatic carbocycles. The number of anilines is 2. The van der Waals surface area contributed by atoms with Crippen LogP contribution < -0.4 is 20.7 Å². The lowest BCUT2D eigenvalue weighted by molar-refractivity contribution is -0.121. The number of nitrogens with one attached hydrogen (secondary N) is 3. The van der Waals surface area contributed by atoms with Crippen molar-refractivity contribution >= 4 is 56.7 Å². The standard InChI is InChI=1S/C32H32BrClFN3O5/c1-31(2,3)15-25-32(14-23(36-25)28(39)37-21-10-9-16(29(40)43-5)11-24(21)42-4)26-19(18-7-6-8-20(33)27(18)35)12-17(34)13-22(26)38-30(32)41/h6-13,23,25,36H,14-15H2,1-5H3,(H,37,39)(H,38,41)/t23-,25+,32?/m1/s1. The lowest BCUT2D eigenvalue weighted by atomic mass is 9.68. The van der Waals surface area contributed by atoms with Crippen molar-refractivity contribution in [2.24, 2.45) is 5.41 Å². The number of benzene rings is 3. The Kier molecular flexibility index (Phi) is 8.32. The van der Waals surface area contributed by atoms with Gasteiger partial charge in [0.25, 0.3) is 0 Å². The Morgan fingerprint density at radius 2 is 1.88 bits per heavy atom. The molecule has 3 aromatic rings. The van der Waals surface area contributed by atoms with Gasteiger partial charge in [0.2, 0.25) is 11.8 Å². The molecule has 5 rings (SSSR count). The number of fused-ring (bicyclic) bond motifs is 2. The van der Waals surface area contributed by atoms with Gasteiger partial charge < -0.3 is 25.4 Å². The quantitative estimate of drug-likeness (QED) is 0.252. The summed E-state index contributed by atoms with van der Waals surface area (Å²) in [7, 11) is 2.71. The molecule has 43 heavy (non-hydrogen) atoms. The molecule has 1 fully saturated rings. The van der Waals surface area contributed by atoms with Gasteiger partial charge in [-0.15, -0.1) is 0 Å². The van der Waals surface area contributed by atoms with Crippen LogP contribution in [0.1, 0.15) is 49.5 Å². The number of carbonyl (C=O) groups is 3. The number of carbonyl (C=O) groups excluding carboxylic acids is 3. The van der Waals surface area contributed by atoms with Crippen LogP contribution >= 0.6 is 27.5 Å². The van der Waals surface area contributed by atoms with Crippen LogP contribution in [0.15, 0.2) is 53.0 Å². The fraction of sp³-hybridized carbons (Fsp3) is 0.344. The highest BCUT2D eigenvalue weighted by Gasteiger charge is 2.60. The largest absolute Gasteiger partial charge is 0.495 e. The second-order valence-corrected chi connectivity index (χ2v) is 13.3. The van der Waals surface area contributed by atoms with Crippen LogP contribution in [0, 0.1) is 11.2 Å². The summed E-state index contributed by atoms with van der Waals surface area (Å²) < 4.78 is 26.0. The first kappa shape index (κ1) is 31.0. The highest BCUT2D eigenvalue weighted by atomic mass is 79.9. The molecule has 2 aliphatic heterocycles. The fourth-order valence-corrected chi connectivity index (χ4v) is 6.75. The van der Waals surface area contributed by atoms with Gasteiger partial charge in [0.05, 0.1) is 41.4 Å². The molecular weight excluding hydrogens is 641 g/mol. The Bertz CT molecular complexity index is 1640. The molecule has 0 aromatic heterocycles. The Balaban J connectivity index is 1.59. The van der Waals surface area contributed by atoms with Crippen LogP contribution in [0.3, 0.4) is 0 Å². The lowest BCUT2D eigenvalue weighted by Gasteiger charge is -2.34. The monoisotopic (exact) mass is 671 g/mol. The van der Waals surface area contributed by atoms with Crippen molar-refractivity contribution in [2.45, 2.75) is 51.1 Å². The molecule has 0 bridgehead atoms. The van der Waals surface area contributed by atoms with E-state index in [0.29, 0.717) is 39.5 Å². The summed E-state index contributed by atoms with van der Waals surface area (Å²) in [5, 5.41) is 9.67. The number of amides is 2. The molecule has 2 aliphatic rings. The average molecular weight is 673 g/mol. The van der Waals surface area contributed by atoms with Crippen molar-refractivity contribution < 1.29 is 28.2 Å². The molecular formula is C32H32BrClFN3O5. The molecule has 1 saturated heterocycles. The number of hydrogen-bond donors (Lipinski definition) is 3. The summed E-state index contributed by atoms with van der Waals surface area (Å²) in [5.41, 5.74) is 1.09. The normalized spacial score (nSPS) is 21.0. The van der Waals surface area contributed by atoms with Crippen LogP contribution in [-0.2, 0) is 19.7 Å². The molecule has 3 atom stereocenters. The van der Waals surface area contributed by atoms with Gasteiger partial charge in [0.1, 0.15) is 11.6 Å². The minimum absolute atomic E-state index is 0.116. The maximum atomic E-state index is 15.5. The molecule has 1 spiro atoms. The van der Waals surface area contributed by atoms with Crippen LogP contribution in [0.25, 0.3) is 11.1 Å². The zero-order valence-electron chi connectivity index (χ0n) is 24.4. The number of esters is 1. The van der Waals surface area contributed by atoms with Gasteiger partial charge in [-0.05, 0) is 76.1 Å². The van der Waals surface area contributed by atoms with E-state index in [-0.39, 0.29) is 39.4 Å². The van der Waals surface area contributed by atoms with E-state index in [2.05, 4.69) is 52.7 Å². The van der Waals surface area contributed by atoms with Crippen molar-refractivity contribution in [3.05, 3.63) is 75.0 Å². The molecule has 3 N–H and O–H groups in total. The Morgan fingerprint density at radius 1 is 1.14 bits per heavy atom. The topological polar surface area (TPSA) is 106 Å². The van der Waals surface area contributed by atoms with Crippen LogP contribution in [-0.4, -0.2) is 44.1 Å². The van der Waals surface area contributed by atoms with E-state index >= 15 is 4.39 Å². The molecule has 0 radical (unpaired) electrons. The predicted molar refractivity (Wildman–Crippen MR) is 167 cm³/mol. The van der Waals surface area contributed by atoms with Crippen molar-refractivity contribution in [1.82, 2.24) is 5.32 Å². The summed E-state index contributed by atoms with van der Waals surface area (Å²) in [6.07, 6.45) is 0.662. The van der Waals surface area contributed by atoms with Gasteiger partial charge in [-0.1, -0.05) is 44.5 Å². The maximum absolute atomic E-state index is 15.5. The number of ether oxygens (including phenoxy) is 2. The third kappa shape index (κ3) is 5.63. The third-order valence-corrected chi connectivity index (χ3v) is 8.81. The molecule has 0 aliphatic carbocycles. The SMILES string of the molecule is COC(=O)c1ccc(NC(=O)[C@H]2CC3(C(=O)Nc4cc(Cl)cc(-c5cccc(Br)c5F)c43)[C@H](CC(C)(C)C)N2)c(OC)c1. The second kappa shape index (κ2) is 11.6. The summed E-state index contributed by atoms with van der Waals surface area (Å²) in [6, 6.07) is 11.6. The van der Waals surface area contributed by atoms with Crippen LogP contribution in [0.4, 0.5) is 15.8 Å². The van der Waals surface area contributed by atoms with Crippen LogP contribution in [0.2, 0.25) is 5.02 Å². The van der Waals surface area contributed by atoms with E-state index in [1.165, 1.54) is 26.4 Å². The van der Waals surface area contributed by atoms with Gasteiger partial charge >= 0.3 is 5.97 Å². The lowest BCUT2D eigenvalue weighted by Crippen LogP contribution is -2.48. The van der Waals surface area contributed by atoms with E-state index in [1.807, 2.05) is 0 Å². The predicted octanol–water partition coefficient (Wildman–Crippen LogP) is 6.70. The van der Waals surface area contributed by atoms with Crippen molar-refractivity contribution in [3.63, 3.8) is 0 Å². The highest BCUT2D eigenvalue weighted by Crippen LogP contribution is 2.54. The minimum Gasteiger partial charge on any atom is -0.495 e. The molecule has 2 amide bonds. The average Bonchev–Trinajstić information content (AvgIpc) is 3.45. The Morgan fingerprint density at radius 3 is 2.56 bits per heavy atom. The van der Waals surface area contributed by atoms with Crippen LogP contribution in [0.5, 0.6) is 5.75 Å². The molecule has 0 saturated carbocycles. The van der Waals surface area contributed by atoms with Crippen molar-refractivity contribution in [3.8, 4) is 16.9 Å². The molecule has 11 heteroatoms. The van der Waals surface area contributed by atoms with Gasteiger partial charge in [0, 0.05) is 27.9 Å². The van der Waals surface area contributed by atoms with Gasteiger partial charge in [0.15, 0.2) is 0 Å². The summed E-state index contributed by atoms with van der Waals surface area (Å²) in [4.78, 5) is 39.9. The number of halogens is 3. The molecule has 2 heterocycles. The number of hydrogen-bond acceptors (Lipinski definition) is 6. The number of rotatable bonds is 6. The van der Waals surface area contributed by atoms with E-state index in [0.717, 1.165) is 0 Å². The zero-order chi connectivity index (χ0) is 31.3. The summed E-state index contributed by atoms with van der Waals surface area (Å²) in [5.74, 6) is -1.40. The minimum atomic E-state index is -1.20. The first-order valence-corrected chi connectivity index (χ1v) is 14.9. The smallest absolute Gasteiger partial charge is 0.337 e. The zero-order valence-corrected chi connectivity index (χ0v) is 26.7. The second-order valence-electron chi connectivity index (χ2n) is 12.0. The van der Waals surface area contributed by atoms with Gasteiger partial charge in [-0.25, -0.2) is 9.18 Å². The molecule has 226 valence electrons. The van der Waals surface area contributed by atoms with E-state index in [9.17, 15) is 14.4 Å². The van der Waals surface area contributed by atoms with E-state index < -0.39 is 29.3 Å². The van der Waals surface area contributed by atoms with E-state index in [4.69, 9.17) is 21.1 Å². The molecule has 1 unspecified atom stereocenters. The summed E-state index contributed by atoms with van der Waals surface area (Å²) >= 11 is 9.77. The van der Waals surface area contributed by atoms with Crippen molar-refractivity contribution in [1.29, 1.82) is 0 Å². The van der Waals surface area contributed by atoms with Gasteiger partial charge in [-0.3, -0.25) is 9.59 Å². The highest BCUT2D eigenvalue weighted by molar-refractivity contribution is 9.10. The summed E-state index contributed by atoms with van der Waals surface area (Å²) in [6.45, 7) is 6.19.